The van der Waals surface area contributed by atoms with Crippen molar-refractivity contribution in [3.05, 3.63) is 154 Å². The molecule has 1 fully saturated rings. The van der Waals surface area contributed by atoms with Gasteiger partial charge < -0.3 is 0 Å². The molecular formula is C46H44HfSi. The summed E-state index contributed by atoms with van der Waals surface area (Å²) >= 11 is -3.20. The summed E-state index contributed by atoms with van der Waals surface area (Å²) in [6.07, 6.45) is 5.55. The molecule has 0 amide bonds. The predicted octanol–water partition coefficient (Wildman–Crippen LogP) is 13.5. The summed E-state index contributed by atoms with van der Waals surface area (Å²) in [5.41, 5.74) is 13.1. The van der Waals surface area contributed by atoms with Gasteiger partial charge in [0.1, 0.15) is 0 Å². The Balaban J connectivity index is 1.31. The zero-order valence-electron chi connectivity index (χ0n) is 29.0. The molecule has 1 heterocycles. The molecule has 6 aromatic rings. The molecule has 236 valence electrons. The molecule has 1 aliphatic heterocycles. The van der Waals surface area contributed by atoms with Gasteiger partial charge in [-0.05, 0) is 0 Å². The molecular weight excluding hydrogens is 759 g/mol. The predicted molar refractivity (Wildman–Crippen MR) is 208 cm³/mol. The van der Waals surface area contributed by atoms with Crippen LogP contribution in [0, 0.1) is 0 Å². The number of hydrogen-bond acceptors (Lipinski definition) is 0. The second-order valence-electron chi connectivity index (χ2n) is 15.7. The Morgan fingerprint density at radius 3 is 1.27 bits per heavy atom. The van der Waals surface area contributed by atoms with Crippen LogP contribution in [-0.2, 0) is 20.0 Å². The third-order valence-electron chi connectivity index (χ3n) is 12.5. The molecule has 6 aromatic carbocycles. The van der Waals surface area contributed by atoms with Crippen molar-refractivity contribution in [3.8, 4) is 22.3 Å². The van der Waals surface area contributed by atoms with Gasteiger partial charge in [-0.25, -0.2) is 0 Å². The van der Waals surface area contributed by atoms with E-state index >= 15 is 0 Å². The van der Waals surface area contributed by atoms with Gasteiger partial charge in [-0.1, -0.05) is 0 Å². The van der Waals surface area contributed by atoms with Crippen molar-refractivity contribution in [1.82, 2.24) is 0 Å². The number of allylic oxidation sites excluding steroid dienone is 2. The molecule has 0 saturated carbocycles. The van der Waals surface area contributed by atoms with Gasteiger partial charge in [0.05, 0.1) is 0 Å². The van der Waals surface area contributed by atoms with Gasteiger partial charge in [0.15, 0.2) is 0 Å². The van der Waals surface area contributed by atoms with Crippen molar-refractivity contribution >= 4 is 41.8 Å². The number of benzene rings is 6. The number of fused-ring (bicyclic) bond motifs is 8. The molecule has 48 heavy (non-hydrogen) atoms. The number of hydrogen-bond donors (Lipinski definition) is 0. The summed E-state index contributed by atoms with van der Waals surface area (Å²) in [6, 6.07) is 46.2. The average Bonchev–Trinajstić information content (AvgIpc) is 3.69. The van der Waals surface area contributed by atoms with E-state index in [0.717, 1.165) is 0 Å². The molecule has 0 nitrogen and oxygen atoms in total. The first-order chi connectivity index (χ1) is 23.2. The molecule has 2 atom stereocenters. The fourth-order valence-corrected chi connectivity index (χ4v) is 43.6. The van der Waals surface area contributed by atoms with Crippen LogP contribution >= 0.6 is 0 Å². The van der Waals surface area contributed by atoms with Crippen LogP contribution < -0.4 is 0 Å². The van der Waals surface area contributed by atoms with E-state index < -0.39 is 28.0 Å². The van der Waals surface area contributed by atoms with Crippen LogP contribution in [0.1, 0.15) is 57.3 Å². The van der Waals surface area contributed by atoms with E-state index in [2.05, 4.69) is 171 Å². The molecule has 0 aromatic heterocycles. The van der Waals surface area contributed by atoms with Crippen LogP contribution in [0.25, 0.3) is 56.0 Å². The van der Waals surface area contributed by atoms with Crippen LogP contribution in [0.4, 0.5) is 0 Å². The third-order valence-corrected chi connectivity index (χ3v) is 36.2. The van der Waals surface area contributed by atoms with E-state index in [1.54, 1.807) is 11.1 Å². The Bertz CT molecular complexity index is 2180. The maximum atomic E-state index is 2.81. The molecule has 2 aliphatic carbocycles. The van der Waals surface area contributed by atoms with E-state index in [1.165, 1.54) is 54.9 Å². The molecule has 2 heteroatoms. The monoisotopic (exact) mass is 804 g/mol. The standard InChI is InChI=1S/C44H38Si.2CH3.Hf/c1-29(2)45(30(3)4,35-25-33-17-11-23-41(43(33)27-35)39-21-9-15-31-13-5-7-19-37(31)39)36-26-34-18-12-24-42(44(34)28-36)40-22-10-16-32-14-6-8-20-38(32)40;;;/h5-30H,1-4H3;2*1H3;. The summed E-state index contributed by atoms with van der Waals surface area (Å²) in [4.78, 5) is 0. The zero-order valence-corrected chi connectivity index (χ0v) is 33.6. The van der Waals surface area contributed by atoms with Gasteiger partial charge in [0.25, 0.3) is 0 Å². The van der Waals surface area contributed by atoms with Crippen molar-refractivity contribution in [2.75, 3.05) is 0 Å². The van der Waals surface area contributed by atoms with Gasteiger partial charge in [-0.2, -0.15) is 0 Å². The normalized spacial score (nSPS) is 20.0. The van der Waals surface area contributed by atoms with Crippen LogP contribution in [0.5, 0.6) is 0 Å². The number of rotatable bonds is 4. The summed E-state index contributed by atoms with van der Waals surface area (Å²) in [5.74, 6) is 0. The van der Waals surface area contributed by atoms with E-state index in [1.807, 2.05) is 10.4 Å². The topological polar surface area (TPSA) is 0 Å². The Labute approximate surface area is 291 Å². The Morgan fingerprint density at radius 2 is 0.833 bits per heavy atom. The molecule has 9 rings (SSSR count). The third kappa shape index (κ3) is 4.02. The molecule has 0 radical (unpaired) electrons. The van der Waals surface area contributed by atoms with Crippen molar-refractivity contribution in [2.45, 2.75) is 55.5 Å². The summed E-state index contributed by atoms with van der Waals surface area (Å²) in [6.45, 7) is 10.3. The maximum absolute atomic E-state index is 3.20. The van der Waals surface area contributed by atoms with Crippen molar-refractivity contribution in [1.29, 1.82) is 0 Å². The Morgan fingerprint density at radius 1 is 0.458 bits per heavy atom. The Kier molecular flexibility index (Phi) is 6.95. The summed E-state index contributed by atoms with van der Waals surface area (Å²) in [5, 5.41) is 9.09. The van der Waals surface area contributed by atoms with Crippen LogP contribution in [0.15, 0.2) is 132 Å². The molecule has 1 saturated heterocycles. The van der Waals surface area contributed by atoms with Crippen LogP contribution in [-0.4, -0.2) is 8.07 Å². The van der Waals surface area contributed by atoms with Crippen LogP contribution in [0.2, 0.25) is 20.4 Å². The molecule has 0 bridgehead atoms. The molecule has 0 N–H and O–H groups in total. The zero-order chi connectivity index (χ0) is 32.9. The fraction of sp³-hybridized carbons (Fsp3) is 0.217. The summed E-state index contributed by atoms with van der Waals surface area (Å²) in [7, 11) is -2.16. The van der Waals surface area contributed by atoms with Gasteiger partial charge in [0, 0.05) is 0 Å². The minimum absolute atomic E-state index is 0.619. The summed E-state index contributed by atoms with van der Waals surface area (Å²) < 4.78 is 6.85. The first-order valence-electron chi connectivity index (χ1n) is 17.9. The van der Waals surface area contributed by atoms with E-state index in [9.17, 15) is 0 Å². The van der Waals surface area contributed by atoms with E-state index in [-0.39, 0.29) is 0 Å². The van der Waals surface area contributed by atoms with E-state index in [4.69, 9.17) is 0 Å². The molecule has 2 unspecified atom stereocenters. The van der Waals surface area contributed by atoms with Crippen molar-refractivity contribution in [2.24, 2.45) is 0 Å². The van der Waals surface area contributed by atoms with Crippen LogP contribution in [0.3, 0.4) is 0 Å². The second-order valence-corrected chi connectivity index (χ2v) is 38.2. The van der Waals surface area contributed by atoms with Gasteiger partial charge in [-0.3, -0.25) is 0 Å². The second kappa shape index (κ2) is 11.0. The minimum atomic E-state index is -3.20. The average molecular weight is 803 g/mol. The van der Waals surface area contributed by atoms with Gasteiger partial charge in [0.2, 0.25) is 0 Å². The first-order valence-corrected chi connectivity index (χ1v) is 31.4. The molecule has 0 spiro atoms. The Hall–Kier alpha value is -3.59. The first kappa shape index (κ1) is 30.5. The fourth-order valence-electron chi connectivity index (χ4n) is 10.8. The van der Waals surface area contributed by atoms with Gasteiger partial charge >= 0.3 is 293 Å². The van der Waals surface area contributed by atoms with E-state index in [0.29, 0.717) is 18.4 Å². The SMILES string of the molecule is CC(C)[Si]1(C(C)C)C2=Cc3c(-c4cccc5ccccc45)cccc3[CH]2[Hf]([CH3])([CH3])[CH]2C1=Cc1c(-c3cccc4ccccc34)cccc12. The van der Waals surface area contributed by atoms with Gasteiger partial charge in [-0.15, -0.1) is 0 Å². The molecule has 3 aliphatic rings. The van der Waals surface area contributed by atoms with Crippen molar-refractivity contribution in [3.63, 3.8) is 0 Å². The van der Waals surface area contributed by atoms with Crippen molar-refractivity contribution < 1.29 is 20.0 Å². The quantitative estimate of drug-likeness (QED) is 0.156.